The number of rotatable bonds is 2. The van der Waals surface area contributed by atoms with Gasteiger partial charge in [-0.3, -0.25) is 4.79 Å². The van der Waals surface area contributed by atoms with E-state index in [-0.39, 0.29) is 18.0 Å². The Labute approximate surface area is 122 Å². The quantitative estimate of drug-likeness (QED) is 0.882. The highest BCUT2D eigenvalue weighted by Gasteiger charge is 2.25. The van der Waals surface area contributed by atoms with E-state index in [1.54, 1.807) is 11.3 Å². The van der Waals surface area contributed by atoms with Crippen LogP contribution in [0.25, 0.3) is 0 Å². The first-order valence-electron chi connectivity index (χ1n) is 7.00. The zero-order valence-corrected chi connectivity index (χ0v) is 12.6. The Morgan fingerprint density at radius 2 is 2.21 bits per heavy atom. The second-order valence-corrected chi connectivity index (χ2v) is 7.63. The lowest BCUT2D eigenvalue weighted by atomic mass is 9.91. The average molecular weight is 296 g/mol. The Morgan fingerprint density at radius 1 is 1.37 bits per heavy atom. The highest BCUT2D eigenvalue weighted by molar-refractivity contribution is 7.98. The van der Waals surface area contributed by atoms with Crippen LogP contribution in [0.4, 0.5) is 0 Å². The molecule has 2 heterocycles. The molecule has 1 aromatic rings. The van der Waals surface area contributed by atoms with Gasteiger partial charge in [0.25, 0.3) is 5.91 Å². The first-order valence-corrected chi connectivity index (χ1v) is 8.97. The van der Waals surface area contributed by atoms with Crippen molar-refractivity contribution in [3.63, 3.8) is 0 Å². The Morgan fingerprint density at radius 3 is 3.00 bits per heavy atom. The normalized spacial score (nSPS) is 26.8. The minimum atomic E-state index is 0.0757. The number of nitrogens with one attached hydrogen (secondary N) is 1. The molecule has 1 aliphatic carbocycles. The molecule has 1 saturated carbocycles. The smallest absolute Gasteiger partial charge is 0.261 e. The molecule has 2 aliphatic rings. The molecule has 0 saturated heterocycles. The molecule has 0 aromatic carbocycles. The highest BCUT2D eigenvalue weighted by atomic mass is 32.2. The topological polar surface area (TPSA) is 55.1 Å². The third kappa shape index (κ3) is 2.98. The number of nitrogens with two attached hydrogens (primary N) is 1. The van der Waals surface area contributed by atoms with E-state index < -0.39 is 0 Å². The fourth-order valence-corrected chi connectivity index (χ4v) is 5.11. The Kier molecular flexibility index (Phi) is 4.15. The zero-order chi connectivity index (χ0) is 13.2. The summed E-state index contributed by atoms with van der Waals surface area (Å²) >= 11 is 3.62. The van der Waals surface area contributed by atoms with Crippen LogP contribution in [0.1, 0.15) is 45.8 Å². The number of aryl methyl sites for hydroxylation is 1. The lowest BCUT2D eigenvalue weighted by Crippen LogP contribution is -2.49. The fourth-order valence-electron chi connectivity index (χ4n) is 2.84. The average Bonchev–Trinajstić information content (AvgIpc) is 2.85. The van der Waals surface area contributed by atoms with Crippen LogP contribution in [0, 0.1) is 0 Å². The number of amides is 1. The first kappa shape index (κ1) is 13.5. The van der Waals surface area contributed by atoms with Gasteiger partial charge in [0, 0.05) is 22.7 Å². The summed E-state index contributed by atoms with van der Waals surface area (Å²) in [5.41, 5.74) is 7.45. The fraction of sp³-hybridized carbons (Fsp3) is 0.643. The standard InChI is InChI=1S/C14H20N2OS2/c15-10-3-1-2-4-11(10)16-14(17)13-7-9-8-18-6-5-12(9)19-13/h7,10-11H,1-6,8,15H2,(H,16,17)/t10-,11-/m1/s1. The van der Waals surface area contributed by atoms with E-state index in [0.29, 0.717) is 0 Å². The Balaban J connectivity index is 1.68. The maximum absolute atomic E-state index is 12.3. The van der Waals surface area contributed by atoms with E-state index in [9.17, 15) is 4.79 Å². The summed E-state index contributed by atoms with van der Waals surface area (Å²) < 4.78 is 0. The van der Waals surface area contributed by atoms with Crippen LogP contribution in [-0.4, -0.2) is 23.7 Å². The van der Waals surface area contributed by atoms with Crippen LogP contribution in [0.2, 0.25) is 0 Å². The molecule has 5 heteroatoms. The molecule has 0 spiro atoms. The third-order valence-corrected chi connectivity index (χ3v) is 6.23. The molecule has 3 N–H and O–H groups in total. The van der Waals surface area contributed by atoms with Gasteiger partial charge in [0.05, 0.1) is 4.88 Å². The predicted octanol–water partition coefficient (Wildman–Crippen LogP) is 2.54. The van der Waals surface area contributed by atoms with Gasteiger partial charge < -0.3 is 11.1 Å². The monoisotopic (exact) mass is 296 g/mol. The van der Waals surface area contributed by atoms with Crippen molar-refractivity contribution in [1.82, 2.24) is 5.32 Å². The SMILES string of the molecule is N[C@@H]1CCCC[C@H]1NC(=O)c1cc2c(s1)CCSC2. The van der Waals surface area contributed by atoms with Crippen LogP contribution in [0.5, 0.6) is 0 Å². The number of thioether (sulfide) groups is 1. The van der Waals surface area contributed by atoms with E-state index in [0.717, 1.165) is 29.9 Å². The van der Waals surface area contributed by atoms with Gasteiger partial charge in [-0.2, -0.15) is 11.8 Å². The van der Waals surface area contributed by atoms with Crippen LogP contribution in [0.15, 0.2) is 6.07 Å². The highest BCUT2D eigenvalue weighted by Crippen LogP contribution is 2.31. The van der Waals surface area contributed by atoms with Crippen molar-refractivity contribution in [2.75, 3.05) is 5.75 Å². The number of carbonyl (C=O) groups excluding carboxylic acids is 1. The van der Waals surface area contributed by atoms with E-state index in [4.69, 9.17) is 5.73 Å². The van der Waals surface area contributed by atoms with Gasteiger partial charge in [-0.1, -0.05) is 12.8 Å². The van der Waals surface area contributed by atoms with Gasteiger partial charge in [-0.25, -0.2) is 0 Å². The van der Waals surface area contributed by atoms with Gasteiger partial charge in [-0.05, 0) is 36.6 Å². The molecule has 2 atom stereocenters. The first-order chi connectivity index (χ1) is 9.24. The molecule has 19 heavy (non-hydrogen) atoms. The molecule has 0 radical (unpaired) electrons. The Bertz CT molecular complexity index is 449. The Hall–Kier alpha value is -0.520. The number of hydrogen-bond acceptors (Lipinski definition) is 4. The lowest BCUT2D eigenvalue weighted by Gasteiger charge is -2.29. The summed E-state index contributed by atoms with van der Waals surface area (Å²) in [5.74, 6) is 2.32. The van der Waals surface area contributed by atoms with Crippen LogP contribution in [0.3, 0.4) is 0 Å². The molecule has 0 unspecified atom stereocenters. The number of carbonyl (C=O) groups is 1. The molecule has 3 rings (SSSR count). The summed E-state index contributed by atoms with van der Waals surface area (Å²) in [6.45, 7) is 0. The molecule has 0 bridgehead atoms. The van der Waals surface area contributed by atoms with Gasteiger partial charge in [0.2, 0.25) is 0 Å². The van der Waals surface area contributed by atoms with Crippen molar-refractivity contribution in [2.45, 2.75) is 49.9 Å². The van der Waals surface area contributed by atoms with Crippen molar-refractivity contribution in [3.8, 4) is 0 Å². The minimum Gasteiger partial charge on any atom is -0.347 e. The molecule has 1 amide bonds. The summed E-state index contributed by atoms with van der Waals surface area (Å²) in [6.07, 6.45) is 5.53. The molecule has 3 nitrogen and oxygen atoms in total. The minimum absolute atomic E-state index is 0.0757. The molecule has 1 fully saturated rings. The largest absolute Gasteiger partial charge is 0.347 e. The maximum Gasteiger partial charge on any atom is 0.261 e. The molecule has 1 aliphatic heterocycles. The second-order valence-electron chi connectivity index (χ2n) is 5.39. The maximum atomic E-state index is 12.3. The van der Waals surface area contributed by atoms with Gasteiger partial charge >= 0.3 is 0 Å². The molecule has 1 aromatic heterocycles. The van der Waals surface area contributed by atoms with Crippen molar-refractivity contribution < 1.29 is 4.79 Å². The van der Waals surface area contributed by atoms with E-state index in [1.807, 2.05) is 11.8 Å². The van der Waals surface area contributed by atoms with E-state index in [2.05, 4.69) is 11.4 Å². The third-order valence-electron chi connectivity index (χ3n) is 3.99. The van der Waals surface area contributed by atoms with E-state index in [1.165, 1.54) is 29.0 Å². The van der Waals surface area contributed by atoms with Crippen molar-refractivity contribution in [2.24, 2.45) is 5.73 Å². The van der Waals surface area contributed by atoms with Crippen LogP contribution < -0.4 is 11.1 Å². The predicted molar refractivity (Wildman–Crippen MR) is 81.9 cm³/mol. The van der Waals surface area contributed by atoms with Gasteiger partial charge in [0.1, 0.15) is 0 Å². The van der Waals surface area contributed by atoms with Gasteiger partial charge in [-0.15, -0.1) is 11.3 Å². The van der Waals surface area contributed by atoms with Crippen LogP contribution in [-0.2, 0) is 12.2 Å². The molecule has 104 valence electrons. The van der Waals surface area contributed by atoms with Gasteiger partial charge in [0.15, 0.2) is 0 Å². The lowest BCUT2D eigenvalue weighted by molar-refractivity contribution is 0.0925. The number of thiophene rings is 1. The van der Waals surface area contributed by atoms with Crippen molar-refractivity contribution in [1.29, 1.82) is 0 Å². The summed E-state index contributed by atoms with van der Waals surface area (Å²) in [6, 6.07) is 2.37. The number of hydrogen-bond donors (Lipinski definition) is 2. The van der Waals surface area contributed by atoms with E-state index >= 15 is 0 Å². The second kappa shape index (κ2) is 5.85. The summed E-state index contributed by atoms with van der Waals surface area (Å²) in [4.78, 5) is 14.6. The molecular weight excluding hydrogens is 276 g/mol. The van der Waals surface area contributed by atoms with Crippen molar-refractivity contribution >= 4 is 29.0 Å². The number of fused-ring (bicyclic) bond motifs is 1. The summed E-state index contributed by atoms with van der Waals surface area (Å²) in [5, 5.41) is 3.13. The van der Waals surface area contributed by atoms with Crippen LogP contribution >= 0.6 is 23.1 Å². The molecular formula is C14H20N2OS2. The zero-order valence-electron chi connectivity index (χ0n) is 11.0. The van der Waals surface area contributed by atoms with Crippen molar-refractivity contribution in [3.05, 3.63) is 21.4 Å². The summed E-state index contributed by atoms with van der Waals surface area (Å²) in [7, 11) is 0.